The standard InChI is InChI=1S/C4H8O.2C2H6OS/c1-2-4-5-3-1;2*1-4(2)3/h1-4H2;2*1-2H3. The van der Waals surface area contributed by atoms with Crippen LogP contribution in [0.4, 0.5) is 0 Å². The minimum Gasteiger partial charge on any atom is -0.381 e. The Kier molecular flexibility index (Phi) is 14.8. The van der Waals surface area contributed by atoms with E-state index in [4.69, 9.17) is 4.74 Å². The third-order valence-corrected chi connectivity index (χ3v) is 0.827. The molecule has 0 radical (unpaired) electrons. The van der Waals surface area contributed by atoms with Crippen LogP contribution in [0.1, 0.15) is 12.8 Å². The van der Waals surface area contributed by atoms with Gasteiger partial charge in [-0.15, -0.1) is 0 Å². The summed E-state index contributed by atoms with van der Waals surface area (Å²) in [5.41, 5.74) is 0. The number of rotatable bonds is 0. The molecule has 1 rings (SSSR count). The van der Waals surface area contributed by atoms with Gasteiger partial charge in [-0.1, -0.05) is 0 Å². The lowest BCUT2D eigenvalue weighted by Gasteiger charge is -1.76. The molecule has 1 fully saturated rings. The van der Waals surface area contributed by atoms with Crippen LogP contribution in [-0.4, -0.2) is 46.7 Å². The summed E-state index contributed by atoms with van der Waals surface area (Å²) in [5.74, 6) is 0. The summed E-state index contributed by atoms with van der Waals surface area (Å²) in [6.45, 7) is 2.00. The van der Waals surface area contributed by atoms with E-state index in [0.29, 0.717) is 0 Å². The Balaban J connectivity index is 0. The lowest BCUT2D eigenvalue weighted by molar-refractivity contribution is 0.198. The van der Waals surface area contributed by atoms with Gasteiger partial charge in [0.15, 0.2) is 0 Å². The highest BCUT2D eigenvalue weighted by Crippen LogP contribution is 1.98. The highest BCUT2D eigenvalue weighted by atomic mass is 32.2. The molecule has 3 nitrogen and oxygen atoms in total. The van der Waals surface area contributed by atoms with Crippen LogP contribution in [0.15, 0.2) is 0 Å². The van der Waals surface area contributed by atoms with E-state index in [1.807, 2.05) is 0 Å². The van der Waals surface area contributed by atoms with Crippen molar-refractivity contribution in [2.75, 3.05) is 38.2 Å². The maximum absolute atomic E-state index is 9.56. The first-order chi connectivity index (χ1) is 5.96. The van der Waals surface area contributed by atoms with Gasteiger partial charge in [-0.05, 0) is 12.8 Å². The van der Waals surface area contributed by atoms with Crippen molar-refractivity contribution in [1.29, 1.82) is 0 Å². The van der Waals surface area contributed by atoms with Crippen LogP contribution in [0.25, 0.3) is 0 Å². The van der Waals surface area contributed by atoms with Gasteiger partial charge in [-0.3, -0.25) is 8.42 Å². The van der Waals surface area contributed by atoms with E-state index in [2.05, 4.69) is 0 Å². The molecule has 0 bridgehead atoms. The molecule has 0 unspecified atom stereocenters. The molecule has 0 atom stereocenters. The van der Waals surface area contributed by atoms with E-state index in [1.165, 1.54) is 12.8 Å². The second-order valence-corrected chi connectivity index (χ2v) is 5.77. The van der Waals surface area contributed by atoms with Crippen LogP contribution < -0.4 is 0 Å². The highest BCUT2D eigenvalue weighted by Gasteiger charge is 1.94. The average Bonchev–Trinajstić information content (AvgIpc) is 2.35. The van der Waals surface area contributed by atoms with Crippen LogP contribution in [0.5, 0.6) is 0 Å². The maximum atomic E-state index is 9.56. The van der Waals surface area contributed by atoms with Crippen molar-refractivity contribution in [1.82, 2.24) is 0 Å². The molecule has 0 spiro atoms. The Morgan fingerprint density at radius 2 is 1.08 bits per heavy atom. The Bertz CT molecular complexity index is 117. The fraction of sp³-hybridized carbons (Fsp3) is 1.00. The van der Waals surface area contributed by atoms with E-state index in [9.17, 15) is 8.42 Å². The summed E-state index contributed by atoms with van der Waals surface area (Å²) in [6.07, 6.45) is 9.11. The van der Waals surface area contributed by atoms with Gasteiger partial charge in [0, 0.05) is 59.8 Å². The lowest BCUT2D eigenvalue weighted by atomic mass is 10.4. The molecule has 82 valence electrons. The molecule has 0 N–H and O–H groups in total. The first-order valence-electron chi connectivity index (χ1n) is 4.04. The quantitative estimate of drug-likeness (QED) is 0.615. The van der Waals surface area contributed by atoms with Crippen molar-refractivity contribution in [2.24, 2.45) is 0 Å². The second kappa shape index (κ2) is 12.3. The van der Waals surface area contributed by atoms with Gasteiger partial charge in [-0.25, -0.2) is 0 Å². The van der Waals surface area contributed by atoms with Gasteiger partial charge in [0.25, 0.3) is 0 Å². The Morgan fingerprint density at radius 1 is 0.846 bits per heavy atom. The molecule has 1 saturated heterocycles. The molecule has 1 aliphatic rings. The van der Waals surface area contributed by atoms with Crippen molar-refractivity contribution < 1.29 is 13.2 Å². The molecule has 0 aromatic heterocycles. The zero-order valence-electron chi connectivity index (χ0n) is 8.87. The summed E-state index contributed by atoms with van der Waals surface area (Å²) in [4.78, 5) is 0. The summed E-state index contributed by atoms with van der Waals surface area (Å²) in [7, 11) is -1.22. The minimum absolute atomic E-state index is 0.611. The third-order valence-electron chi connectivity index (χ3n) is 0.827. The van der Waals surface area contributed by atoms with E-state index < -0.39 is 21.6 Å². The molecule has 0 aromatic rings. The molecule has 0 amide bonds. The summed E-state index contributed by atoms with van der Waals surface area (Å²) >= 11 is 0. The predicted octanol–water partition coefficient (Wildman–Crippen LogP) is 0.786. The molecule has 13 heavy (non-hydrogen) atoms. The van der Waals surface area contributed by atoms with Crippen LogP contribution in [0, 0.1) is 0 Å². The SMILES string of the molecule is C1CCOC1.CS(C)=O.CS(C)=O. The highest BCUT2D eigenvalue weighted by molar-refractivity contribution is 7.83. The van der Waals surface area contributed by atoms with Crippen LogP contribution in [-0.2, 0) is 26.3 Å². The van der Waals surface area contributed by atoms with Crippen molar-refractivity contribution in [3.63, 3.8) is 0 Å². The summed E-state index contributed by atoms with van der Waals surface area (Å²) in [6, 6.07) is 0. The normalized spacial score (nSPS) is 14.6. The summed E-state index contributed by atoms with van der Waals surface area (Å²) in [5, 5.41) is 0. The maximum Gasteiger partial charge on any atom is 0.0466 e. The van der Waals surface area contributed by atoms with E-state index in [-0.39, 0.29) is 0 Å². The van der Waals surface area contributed by atoms with Crippen molar-refractivity contribution in [3.05, 3.63) is 0 Å². The second-order valence-electron chi connectivity index (χ2n) is 2.80. The zero-order chi connectivity index (χ0) is 10.7. The van der Waals surface area contributed by atoms with Gasteiger partial charge in [0.1, 0.15) is 0 Å². The van der Waals surface area contributed by atoms with E-state index in [0.717, 1.165) is 13.2 Å². The fourth-order valence-corrected chi connectivity index (χ4v) is 0.510. The van der Waals surface area contributed by atoms with Crippen molar-refractivity contribution in [3.8, 4) is 0 Å². The minimum atomic E-state index is -0.611. The molecular weight excluding hydrogens is 208 g/mol. The van der Waals surface area contributed by atoms with E-state index >= 15 is 0 Å². The van der Waals surface area contributed by atoms with Crippen LogP contribution >= 0.6 is 0 Å². The van der Waals surface area contributed by atoms with Crippen LogP contribution in [0.2, 0.25) is 0 Å². The molecule has 5 heteroatoms. The van der Waals surface area contributed by atoms with Gasteiger partial charge >= 0.3 is 0 Å². The first kappa shape index (κ1) is 15.7. The predicted molar refractivity (Wildman–Crippen MR) is 60.0 cm³/mol. The van der Waals surface area contributed by atoms with E-state index in [1.54, 1.807) is 25.0 Å². The van der Waals surface area contributed by atoms with Gasteiger partial charge in [0.2, 0.25) is 0 Å². The van der Waals surface area contributed by atoms with Gasteiger partial charge in [-0.2, -0.15) is 0 Å². The monoisotopic (exact) mass is 228 g/mol. The van der Waals surface area contributed by atoms with Gasteiger partial charge in [0.05, 0.1) is 0 Å². The Hall–Kier alpha value is 0.260. The Labute approximate surface area is 86.2 Å². The first-order valence-corrected chi connectivity index (χ1v) is 7.98. The van der Waals surface area contributed by atoms with Gasteiger partial charge < -0.3 is 4.74 Å². The average molecular weight is 228 g/mol. The van der Waals surface area contributed by atoms with Crippen molar-refractivity contribution >= 4 is 21.6 Å². The third kappa shape index (κ3) is 46.6. The molecule has 0 aliphatic carbocycles. The molecular formula is C8H20O3S2. The smallest absolute Gasteiger partial charge is 0.0466 e. The van der Waals surface area contributed by atoms with Crippen molar-refractivity contribution in [2.45, 2.75) is 12.8 Å². The molecule has 1 heterocycles. The summed E-state index contributed by atoms with van der Waals surface area (Å²) < 4.78 is 24.1. The largest absolute Gasteiger partial charge is 0.381 e. The van der Waals surface area contributed by atoms with Crippen LogP contribution in [0.3, 0.4) is 0 Å². The molecule has 1 aliphatic heterocycles. The zero-order valence-corrected chi connectivity index (χ0v) is 10.5. The molecule has 0 saturated carbocycles. The number of hydrogen-bond donors (Lipinski definition) is 0. The number of ether oxygens (including phenoxy) is 1. The lowest BCUT2D eigenvalue weighted by Crippen LogP contribution is -1.74. The molecule has 0 aromatic carbocycles. The topological polar surface area (TPSA) is 43.4 Å². The fourth-order valence-electron chi connectivity index (χ4n) is 0.510. The Morgan fingerprint density at radius 3 is 1.15 bits per heavy atom. The number of hydrogen-bond acceptors (Lipinski definition) is 3.